The second-order valence-corrected chi connectivity index (χ2v) is 8.99. The highest BCUT2D eigenvalue weighted by Gasteiger charge is 2.24. The summed E-state index contributed by atoms with van der Waals surface area (Å²) >= 11 is 5.29. The second kappa shape index (κ2) is 6.95. The van der Waals surface area contributed by atoms with Crippen molar-refractivity contribution < 1.29 is 0 Å². The summed E-state index contributed by atoms with van der Waals surface area (Å²) in [7, 11) is 0. The molecule has 0 aliphatic rings. The molecule has 0 radical (unpaired) electrons. The number of nitrogens with two attached hydrogens (primary N) is 1. The average Bonchev–Trinajstić information content (AvgIpc) is 2.62. The lowest BCUT2D eigenvalue weighted by Crippen LogP contribution is -2.29. The van der Waals surface area contributed by atoms with Crippen LogP contribution >= 0.6 is 19.1 Å². The Kier molecular flexibility index (Phi) is 4.76. The van der Waals surface area contributed by atoms with Crippen LogP contribution in [0, 0.1) is 0 Å². The summed E-state index contributed by atoms with van der Waals surface area (Å²) in [5.41, 5.74) is 5.99. The Morgan fingerprint density at radius 1 is 0.652 bits per heavy atom. The summed E-state index contributed by atoms with van der Waals surface area (Å²) in [6.07, 6.45) is 0. The lowest BCUT2D eigenvalue weighted by molar-refractivity contribution is 1.73. The smallest absolute Gasteiger partial charge is 0.0972 e. The molecule has 3 heteroatoms. The third-order valence-electron chi connectivity index (χ3n) is 3.81. The minimum atomic E-state index is -2.00. The second-order valence-electron chi connectivity index (χ2n) is 5.26. The van der Waals surface area contributed by atoms with Gasteiger partial charge in [0, 0.05) is 0 Å². The van der Waals surface area contributed by atoms with Gasteiger partial charge in [-0.15, -0.1) is 0 Å². The van der Waals surface area contributed by atoms with E-state index in [9.17, 15) is 0 Å². The van der Waals surface area contributed by atoms with Crippen molar-refractivity contribution in [3.05, 3.63) is 91.0 Å². The van der Waals surface area contributed by atoms with Gasteiger partial charge in [0.15, 0.2) is 0 Å². The number of thiocarbonyl (C=S) groups is 1. The highest BCUT2D eigenvalue weighted by Crippen LogP contribution is 2.43. The van der Waals surface area contributed by atoms with Gasteiger partial charge in [0.25, 0.3) is 0 Å². The molecule has 0 aliphatic heterocycles. The normalized spacial score (nSPS) is 11.0. The van der Waals surface area contributed by atoms with Crippen LogP contribution in [0.1, 0.15) is 0 Å². The molecule has 3 aromatic carbocycles. The number of rotatable bonds is 4. The van der Waals surface area contributed by atoms with Crippen molar-refractivity contribution in [2.24, 2.45) is 5.73 Å². The third-order valence-corrected chi connectivity index (χ3v) is 8.11. The zero-order valence-electron chi connectivity index (χ0n) is 12.7. The van der Waals surface area contributed by atoms with Gasteiger partial charge in [-0.3, -0.25) is 0 Å². The summed E-state index contributed by atoms with van der Waals surface area (Å²) < 4.78 is 0. The van der Waals surface area contributed by atoms with Crippen molar-refractivity contribution in [2.45, 2.75) is 0 Å². The van der Waals surface area contributed by atoms with E-state index in [1.165, 1.54) is 15.9 Å². The van der Waals surface area contributed by atoms with Gasteiger partial charge in [0.05, 0.1) is 4.99 Å². The van der Waals surface area contributed by atoms with Crippen LogP contribution in [0.4, 0.5) is 0 Å². The molecule has 0 bridgehead atoms. The van der Waals surface area contributed by atoms with Gasteiger partial charge in [-0.2, -0.15) is 0 Å². The molecule has 0 spiro atoms. The first-order chi connectivity index (χ1) is 11.2. The fraction of sp³-hybridized carbons (Fsp3) is 0. The summed E-state index contributed by atoms with van der Waals surface area (Å²) in [4.78, 5) is 0.440. The van der Waals surface area contributed by atoms with E-state index < -0.39 is 6.89 Å². The van der Waals surface area contributed by atoms with E-state index in [4.69, 9.17) is 18.0 Å². The van der Waals surface area contributed by atoms with Gasteiger partial charge in [-0.25, -0.2) is 0 Å². The molecule has 0 amide bonds. The molecule has 0 heterocycles. The lowest BCUT2D eigenvalue weighted by atomic mass is 10.4. The number of hydrogen-bond donors (Lipinski definition) is 1. The Balaban J connectivity index is 2.43. The Bertz CT molecular complexity index is 739. The third kappa shape index (κ3) is 3.14. The minimum absolute atomic E-state index is 0.440. The van der Waals surface area contributed by atoms with Crippen molar-refractivity contribution in [3.8, 4) is 0 Å². The summed E-state index contributed by atoms with van der Waals surface area (Å²) in [5.74, 6) is 2.09. The molecule has 3 aromatic rings. The Morgan fingerprint density at radius 3 is 1.22 bits per heavy atom. The number of benzene rings is 3. The van der Waals surface area contributed by atoms with Crippen LogP contribution in [0.15, 0.2) is 91.0 Å². The van der Waals surface area contributed by atoms with E-state index in [0.717, 1.165) is 0 Å². The SMILES string of the molecule is NC(=S)C=P(c1ccccc1)(c1ccccc1)c1ccccc1. The minimum Gasteiger partial charge on any atom is -0.390 e. The van der Waals surface area contributed by atoms with Gasteiger partial charge in [0.2, 0.25) is 0 Å². The Labute approximate surface area is 142 Å². The molecule has 23 heavy (non-hydrogen) atoms. The van der Waals surface area contributed by atoms with E-state index in [1.54, 1.807) is 0 Å². The average molecular weight is 335 g/mol. The molecule has 0 saturated heterocycles. The molecule has 0 saturated carbocycles. The highest BCUT2D eigenvalue weighted by atomic mass is 32.1. The van der Waals surface area contributed by atoms with Gasteiger partial charge in [0.1, 0.15) is 0 Å². The predicted octanol–water partition coefficient (Wildman–Crippen LogP) is 3.07. The monoisotopic (exact) mass is 335 g/mol. The Morgan fingerprint density at radius 2 is 0.957 bits per heavy atom. The molecule has 0 unspecified atom stereocenters. The van der Waals surface area contributed by atoms with E-state index in [0.29, 0.717) is 4.99 Å². The van der Waals surface area contributed by atoms with Gasteiger partial charge in [-0.05, 0) is 28.6 Å². The van der Waals surface area contributed by atoms with Gasteiger partial charge < -0.3 is 5.73 Å². The van der Waals surface area contributed by atoms with E-state index in [2.05, 4.69) is 78.6 Å². The van der Waals surface area contributed by atoms with Crippen LogP contribution in [-0.4, -0.2) is 10.8 Å². The molecule has 0 aliphatic carbocycles. The van der Waals surface area contributed by atoms with Gasteiger partial charge >= 0.3 is 0 Å². The first-order valence-corrected chi connectivity index (χ1v) is 9.71. The molecule has 0 atom stereocenters. The first kappa shape index (κ1) is 15.7. The zero-order chi connectivity index (χ0) is 16.1. The molecule has 3 rings (SSSR count). The number of hydrogen-bond acceptors (Lipinski definition) is 1. The molecular formula is C20H18NPS. The predicted molar refractivity (Wildman–Crippen MR) is 108 cm³/mol. The summed E-state index contributed by atoms with van der Waals surface area (Å²) in [6, 6.07) is 31.6. The summed E-state index contributed by atoms with van der Waals surface area (Å²) in [5, 5.41) is 3.76. The van der Waals surface area contributed by atoms with Crippen LogP contribution in [0.25, 0.3) is 0 Å². The van der Waals surface area contributed by atoms with E-state index >= 15 is 0 Å². The topological polar surface area (TPSA) is 26.0 Å². The van der Waals surface area contributed by atoms with Crippen LogP contribution in [0.2, 0.25) is 0 Å². The fourth-order valence-electron chi connectivity index (χ4n) is 2.85. The highest BCUT2D eigenvalue weighted by molar-refractivity contribution is 7.97. The van der Waals surface area contributed by atoms with Crippen molar-refractivity contribution in [3.63, 3.8) is 0 Å². The quantitative estimate of drug-likeness (QED) is 0.586. The van der Waals surface area contributed by atoms with Crippen molar-refractivity contribution in [2.75, 3.05) is 0 Å². The maximum atomic E-state index is 5.99. The van der Waals surface area contributed by atoms with E-state index in [1.807, 2.05) is 18.2 Å². The molecular weight excluding hydrogens is 317 g/mol. The molecule has 1 nitrogen and oxygen atoms in total. The lowest BCUT2D eigenvalue weighted by Gasteiger charge is -2.28. The first-order valence-electron chi connectivity index (χ1n) is 7.44. The maximum Gasteiger partial charge on any atom is 0.0972 e. The zero-order valence-corrected chi connectivity index (χ0v) is 14.4. The molecule has 114 valence electrons. The van der Waals surface area contributed by atoms with Crippen molar-refractivity contribution in [1.82, 2.24) is 0 Å². The standard InChI is InChI=1S/C20H18NPS/c21-20(23)16-22(17-10-4-1-5-11-17,18-12-6-2-7-13-18)19-14-8-3-9-15-19/h1-16H,(H2,21,23). The molecule has 0 fully saturated rings. The molecule has 2 N–H and O–H groups in total. The summed E-state index contributed by atoms with van der Waals surface area (Å²) in [6.45, 7) is -2.00. The largest absolute Gasteiger partial charge is 0.390 e. The Hall–Kier alpha value is -2.15. The van der Waals surface area contributed by atoms with Crippen LogP contribution in [0.5, 0.6) is 0 Å². The van der Waals surface area contributed by atoms with Crippen molar-refractivity contribution in [1.29, 1.82) is 0 Å². The van der Waals surface area contributed by atoms with Crippen molar-refractivity contribution >= 4 is 45.8 Å². The maximum absolute atomic E-state index is 5.99. The van der Waals surface area contributed by atoms with E-state index in [-0.39, 0.29) is 0 Å². The molecule has 0 aromatic heterocycles. The van der Waals surface area contributed by atoms with Crippen LogP contribution in [-0.2, 0) is 0 Å². The van der Waals surface area contributed by atoms with Gasteiger partial charge in [-0.1, -0.05) is 103 Å². The fourth-order valence-corrected chi connectivity index (χ4v) is 6.98. The van der Waals surface area contributed by atoms with Crippen LogP contribution in [0.3, 0.4) is 0 Å². The van der Waals surface area contributed by atoms with Crippen LogP contribution < -0.4 is 21.6 Å².